The number of halogens is 1. The number of aromatic amines is 1. The standard InChI is InChI=1S/C15H12ClN3/c16-14-7-13(18-15(19-14)9-5-6-9)11-8-17-12-4-2-1-3-10(11)12/h1-4,7-9,17H,5-6H2. The Balaban J connectivity index is 1.91. The SMILES string of the molecule is Clc1cc(-c2c[nH]c3ccccc23)nc(C2CC2)n1. The Morgan fingerprint density at radius 2 is 2.00 bits per heavy atom. The van der Waals surface area contributed by atoms with Crippen LogP contribution in [0, 0.1) is 0 Å². The van der Waals surface area contributed by atoms with Crippen molar-refractivity contribution in [2.45, 2.75) is 18.8 Å². The van der Waals surface area contributed by atoms with Crippen LogP contribution in [-0.2, 0) is 0 Å². The molecule has 4 heteroatoms. The van der Waals surface area contributed by atoms with Gasteiger partial charge in [-0.25, -0.2) is 9.97 Å². The Morgan fingerprint density at radius 1 is 1.16 bits per heavy atom. The highest BCUT2D eigenvalue weighted by atomic mass is 35.5. The zero-order valence-electron chi connectivity index (χ0n) is 10.2. The van der Waals surface area contributed by atoms with Gasteiger partial charge in [0.25, 0.3) is 0 Å². The van der Waals surface area contributed by atoms with Crippen molar-refractivity contribution in [2.75, 3.05) is 0 Å². The van der Waals surface area contributed by atoms with E-state index in [2.05, 4.69) is 27.1 Å². The van der Waals surface area contributed by atoms with Crippen LogP contribution < -0.4 is 0 Å². The molecule has 0 bridgehead atoms. The Bertz CT molecular complexity index is 759. The summed E-state index contributed by atoms with van der Waals surface area (Å²) in [5, 5.41) is 1.69. The number of aromatic nitrogens is 3. The highest BCUT2D eigenvalue weighted by Gasteiger charge is 2.27. The highest BCUT2D eigenvalue weighted by molar-refractivity contribution is 6.29. The van der Waals surface area contributed by atoms with Crippen LogP contribution in [0.4, 0.5) is 0 Å². The van der Waals surface area contributed by atoms with E-state index < -0.39 is 0 Å². The fourth-order valence-corrected chi connectivity index (χ4v) is 2.57. The van der Waals surface area contributed by atoms with Gasteiger partial charge < -0.3 is 4.98 Å². The number of hydrogen-bond donors (Lipinski definition) is 1. The first-order valence-corrected chi connectivity index (χ1v) is 6.80. The first-order valence-electron chi connectivity index (χ1n) is 6.42. The molecule has 94 valence electrons. The van der Waals surface area contributed by atoms with Gasteiger partial charge in [0.1, 0.15) is 11.0 Å². The topological polar surface area (TPSA) is 41.6 Å². The minimum Gasteiger partial charge on any atom is -0.360 e. The van der Waals surface area contributed by atoms with Crippen molar-refractivity contribution in [3.05, 3.63) is 47.5 Å². The van der Waals surface area contributed by atoms with Crippen LogP contribution in [0.3, 0.4) is 0 Å². The van der Waals surface area contributed by atoms with Crippen molar-refractivity contribution in [3.63, 3.8) is 0 Å². The van der Waals surface area contributed by atoms with E-state index in [0.717, 1.165) is 22.6 Å². The molecule has 1 saturated carbocycles. The average molecular weight is 270 g/mol. The van der Waals surface area contributed by atoms with Crippen LogP contribution in [0.25, 0.3) is 22.2 Å². The summed E-state index contributed by atoms with van der Waals surface area (Å²) >= 11 is 6.13. The second-order valence-corrected chi connectivity index (χ2v) is 5.34. The third kappa shape index (κ3) is 1.90. The summed E-state index contributed by atoms with van der Waals surface area (Å²) in [5.41, 5.74) is 3.10. The lowest BCUT2D eigenvalue weighted by Crippen LogP contribution is -1.95. The maximum Gasteiger partial charge on any atom is 0.133 e. The molecule has 1 aliphatic carbocycles. The molecule has 0 spiro atoms. The predicted octanol–water partition coefficient (Wildman–Crippen LogP) is 4.16. The molecule has 2 aromatic heterocycles. The largest absolute Gasteiger partial charge is 0.360 e. The van der Waals surface area contributed by atoms with E-state index in [4.69, 9.17) is 11.6 Å². The van der Waals surface area contributed by atoms with Crippen molar-refractivity contribution < 1.29 is 0 Å². The summed E-state index contributed by atoms with van der Waals surface area (Å²) in [6.45, 7) is 0. The summed E-state index contributed by atoms with van der Waals surface area (Å²) in [7, 11) is 0. The second kappa shape index (κ2) is 4.07. The average Bonchev–Trinajstić information content (AvgIpc) is 3.18. The number of nitrogens with one attached hydrogen (secondary N) is 1. The molecule has 4 rings (SSSR count). The van der Waals surface area contributed by atoms with E-state index in [1.807, 2.05) is 24.4 Å². The van der Waals surface area contributed by atoms with Crippen molar-refractivity contribution in [3.8, 4) is 11.3 Å². The number of benzene rings is 1. The van der Waals surface area contributed by atoms with Crippen LogP contribution >= 0.6 is 11.6 Å². The first-order chi connectivity index (χ1) is 9.31. The van der Waals surface area contributed by atoms with E-state index in [1.54, 1.807) is 0 Å². The second-order valence-electron chi connectivity index (χ2n) is 4.96. The minimum absolute atomic E-state index is 0.502. The molecular weight excluding hydrogens is 258 g/mol. The van der Waals surface area contributed by atoms with E-state index >= 15 is 0 Å². The maximum absolute atomic E-state index is 6.13. The normalized spacial score (nSPS) is 15.0. The molecule has 2 heterocycles. The lowest BCUT2D eigenvalue weighted by molar-refractivity contribution is 0.931. The van der Waals surface area contributed by atoms with Crippen molar-refractivity contribution >= 4 is 22.5 Å². The summed E-state index contributed by atoms with van der Waals surface area (Å²) in [6.07, 6.45) is 4.33. The summed E-state index contributed by atoms with van der Waals surface area (Å²) in [6, 6.07) is 10.0. The predicted molar refractivity (Wildman–Crippen MR) is 76.3 cm³/mol. The lowest BCUT2D eigenvalue weighted by Gasteiger charge is -2.03. The van der Waals surface area contributed by atoms with Crippen molar-refractivity contribution in [1.29, 1.82) is 0 Å². The molecule has 0 unspecified atom stereocenters. The third-order valence-electron chi connectivity index (χ3n) is 3.52. The fourth-order valence-electron chi connectivity index (χ4n) is 2.38. The number of hydrogen-bond acceptors (Lipinski definition) is 2. The fraction of sp³-hybridized carbons (Fsp3) is 0.200. The molecule has 0 saturated heterocycles. The van der Waals surface area contributed by atoms with Crippen LogP contribution in [0.2, 0.25) is 5.15 Å². The van der Waals surface area contributed by atoms with Gasteiger partial charge in [0.2, 0.25) is 0 Å². The Kier molecular flexibility index (Phi) is 2.35. The number of nitrogens with zero attached hydrogens (tertiary/aromatic N) is 2. The zero-order chi connectivity index (χ0) is 12.8. The van der Waals surface area contributed by atoms with Gasteiger partial charge in [-0.05, 0) is 18.9 Å². The molecule has 1 fully saturated rings. The number of para-hydroxylation sites is 1. The van der Waals surface area contributed by atoms with Gasteiger partial charge >= 0.3 is 0 Å². The maximum atomic E-state index is 6.13. The van der Waals surface area contributed by atoms with E-state index in [9.17, 15) is 0 Å². The van der Waals surface area contributed by atoms with Gasteiger partial charge in [-0.15, -0.1) is 0 Å². The molecule has 0 radical (unpaired) electrons. The molecule has 1 aromatic carbocycles. The minimum atomic E-state index is 0.502. The Hall–Kier alpha value is -1.87. The van der Waals surface area contributed by atoms with Gasteiger partial charge in [0.15, 0.2) is 0 Å². The van der Waals surface area contributed by atoms with Crippen LogP contribution in [0.15, 0.2) is 36.5 Å². The zero-order valence-corrected chi connectivity index (χ0v) is 11.0. The Labute approximate surface area is 115 Å². The van der Waals surface area contributed by atoms with E-state index in [0.29, 0.717) is 11.1 Å². The molecule has 3 nitrogen and oxygen atoms in total. The summed E-state index contributed by atoms with van der Waals surface area (Å²) in [5.74, 6) is 1.38. The molecule has 1 aliphatic rings. The van der Waals surface area contributed by atoms with Gasteiger partial charge in [0.05, 0.1) is 5.69 Å². The molecule has 3 aromatic rings. The Morgan fingerprint density at radius 3 is 2.84 bits per heavy atom. The number of H-pyrrole nitrogens is 1. The van der Waals surface area contributed by atoms with Gasteiger partial charge in [-0.2, -0.15) is 0 Å². The molecule has 19 heavy (non-hydrogen) atoms. The number of fused-ring (bicyclic) bond motifs is 1. The van der Waals surface area contributed by atoms with Gasteiger partial charge in [-0.1, -0.05) is 29.8 Å². The van der Waals surface area contributed by atoms with E-state index in [1.165, 1.54) is 18.2 Å². The lowest BCUT2D eigenvalue weighted by atomic mass is 10.1. The highest BCUT2D eigenvalue weighted by Crippen LogP contribution is 2.39. The number of rotatable bonds is 2. The quantitative estimate of drug-likeness (QED) is 0.710. The van der Waals surface area contributed by atoms with Crippen LogP contribution in [0.1, 0.15) is 24.6 Å². The molecular formula is C15H12ClN3. The smallest absolute Gasteiger partial charge is 0.133 e. The van der Waals surface area contributed by atoms with Crippen LogP contribution in [-0.4, -0.2) is 15.0 Å². The molecule has 1 N–H and O–H groups in total. The first kappa shape index (κ1) is 11.0. The van der Waals surface area contributed by atoms with E-state index in [-0.39, 0.29) is 0 Å². The third-order valence-corrected chi connectivity index (χ3v) is 3.71. The van der Waals surface area contributed by atoms with Crippen LogP contribution in [0.5, 0.6) is 0 Å². The molecule has 0 amide bonds. The van der Waals surface area contributed by atoms with Gasteiger partial charge in [-0.3, -0.25) is 0 Å². The summed E-state index contributed by atoms with van der Waals surface area (Å²) in [4.78, 5) is 12.3. The summed E-state index contributed by atoms with van der Waals surface area (Å²) < 4.78 is 0. The van der Waals surface area contributed by atoms with Gasteiger partial charge in [0, 0.05) is 34.6 Å². The van der Waals surface area contributed by atoms with Crippen molar-refractivity contribution in [1.82, 2.24) is 15.0 Å². The molecule has 0 atom stereocenters. The molecule has 0 aliphatic heterocycles. The monoisotopic (exact) mass is 269 g/mol. The van der Waals surface area contributed by atoms with Crippen molar-refractivity contribution in [2.24, 2.45) is 0 Å².